The molecule has 1 aliphatic heterocycles. The van der Waals surface area contributed by atoms with Gasteiger partial charge in [-0.05, 0) is 13.5 Å². The third kappa shape index (κ3) is 3.57. The van der Waals surface area contributed by atoms with Gasteiger partial charge in [-0.15, -0.1) is 0 Å². The first-order valence-corrected chi connectivity index (χ1v) is 4.37. The van der Waals surface area contributed by atoms with Gasteiger partial charge in [0.15, 0.2) is 0 Å². The van der Waals surface area contributed by atoms with Crippen molar-refractivity contribution in [2.45, 2.75) is 12.5 Å². The molecular formula is C9H15NO3. The molecule has 0 unspecified atom stereocenters. The number of hydrogen-bond acceptors (Lipinski definition) is 3. The molecule has 0 bridgehead atoms. The molecule has 1 rings (SSSR count). The lowest BCUT2D eigenvalue weighted by Gasteiger charge is -2.20. The van der Waals surface area contributed by atoms with Crippen molar-refractivity contribution in [2.75, 3.05) is 26.8 Å². The smallest absolute Gasteiger partial charge is 0.328 e. The summed E-state index contributed by atoms with van der Waals surface area (Å²) >= 11 is 0. The first-order valence-electron chi connectivity index (χ1n) is 4.37. The van der Waals surface area contributed by atoms with Gasteiger partial charge in [-0.2, -0.15) is 0 Å². The first kappa shape index (κ1) is 10.2. The van der Waals surface area contributed by atoms with Crippen molar-refractivity contribution in [1.82, 2.24) is 4.90 Å². The standard InChI is InChI=1S/C9H15NO3/c1-10(5-2-3-9(11)12)8-4-6-13-7-8/h2-3,8H,4-7H2,1H3,(H,11,12)/b3-2+/t8-/m1/s1. The Hall–Kier alpha value is -0.870. The Balaban J connectivity index is 2.23. The molecule has 13 heavy (non-hydrogen) atoms. The quantitative estimate of drug-likeness (QED) is 0.642. The van der Waals surface area contributed by atoms with Crippen LogP contribution in [0.2, 0.25) is 0 Å². The van der Waals surface area contributed by atoms with E-state index in [2.05, 4.69) is 4.90 Å². The van der Waals surface area contributed by atoms with E-state index in [1.807, 2.05) is 7.05 Å². The van der Waals surface area contributed by atoms with Gasteiger partial charge in [-0.25, -0.2) is 4.79 Å². The summed E-state index contributed by atoms with van der Waals surface area (Å²) in [6.45, 7) is 2.25. The molecule has 0 aliphatic carbocycles. The number of likely N-dealkylation sites (N-methyl/N-ethyl adjacent to an activating group) is 1. The van der Waals surface area contributed by atoms with Crippen molar-refractivity contribution >= 4 is 5.97 Å². The summed E-state index contributed by atoms with van der Waals surface area (Å²) in [5.41, 5.74) is 0. The number of hydrogen-bond donors (Lipinski definition) is 1. The molecule has 1 saturated heterocycles. The van der Waals surface area contributed by atoms with E-state index >= 15 is 0 Å². The van der Waals surface area contributed by atoms with Crippen LogP contribution in [0.1, 0.15) is 6.42 Å². The second kappa shape index (κ2) is 4.99. The Kier molecular flexibility index (Phi) is 3.92. The van der Waals surface area contributed by atoms with Crippen LogP contribution in [0.25, 0.3) is 0 Å². The molecule has 0 radical (unpaired) electrons. The zero-order valence-electron chi connectivity index (χ0n) is 7.77. The van der Waals surface area contributed by atoms with Crippen LogP contribution >= 0.6 is 0 Å². The third-order valence-corrected chi connectivity index (χ3v) is 2.18. The van der Waals surface area contributed by atoms with Crippen molar-refractivity contribution in [3.63, 3.8) is 0 Å². The Morgan fingerprint density at radius 1 is 1.77 bits per heavy atom. The van der Waals surface area contributed by atoms with Crippen LogP contribution in [0.3, 0.4) is 0 Å². The van der Waals surface area contributed by atoms with Crippen LogP contribution in [0.15, 0.2) is 12.2 Å². The van der Waals surface area contributed by atoms with E-state index in [9.17, 15) is 4.79 Å². The van der Waals surface area contributed by atoms with Gasteiger partial charge in [-0.1, -0.05) is 6.08 Å². The van der Waals surface area contributed by atoms with Gasteiger partial charge in [0, 0.05) is 25.3 Å². The second-order valence-corrected chi connectivity index (χ2v) is 3.20. The minimum Gasteiger partial charge on any atom is -0.478 e. The minimum atomic E-state index is -0.893. The Bertz CT molecular complexity index is 197. The summed E-state index contributed by atoms with van der Waals surface area (Å²) < 4.78 is 5.22. The summed E-state index contributed by atoms with van der Waals surface area (Å²) in [6.07, 6.45) is 3.87. The van der Waals surface area contributed by atoms with Crippen molar-refractivity contribution in [2.24, 2.45) is 0 Å². The molecule has 0 aromatic rings. The van der Waals surface area contributed by atoms with Crippen LogP contribution in [-0.4, -0.2) is 48.8 Å². The molecule has 0 aromatic carbocycles. The van der Waals surface area contributed by atoms with Crippen molar-refractivity contribution in [1.29, 1.82) is 0 Å². The maximum absolute atomic E-state index is 10.2. The van der Waals surface area contributed by atoms with Crippen LogP contribution < -0.4 is 0 Å². The van der Waals surface area contributed by atoms with Gasteiger partial charge >= 0.3 is 5.97 Å². The van der Waals surface area contributed by atoms with Gasteiger partial charge in [0.05, 0.1) is 6.61 Å². The summed E-state index contributed by atoms with van der Waals surface area (Å²) in [7, 11) is 1.98. The number of ether oxygens (including phenoxy) is 1. The molecular weight excluding hydrogens is 170 g/mol. The van der Waals surface area contributed by atoms with Crippen molar-refractivity contribution in [3.8, 4) is 0 Å². The summed E-state index contributed by atoms with van der Waals surface area (Å²) in [4.78, 5) is 12.3. The van der Waals surface area contributed by atoms with E-state index < -0.39 is 5.97 Å². The fourth-order valence-electron chi connectivity index (χ4n) is 1.34. The molecule has 0 saturated carbocycles. The number of rotatable bonds is 4. The number of carboxylic acid groups (broad SMARTS) is 1. The van der Waals surface area contributed by atoms with E-state index in [0.717, 1.165) is 19.6 Å². The number of aliphatic carboxylic acids is 1. The lowest BCUT2D eigenvalue weighted by Crippen LogP contribution is -2.31. The van der Waals surface area contributed by atoms with E-state index in [1.165, 1.54) is 6.08 Å². The monoisotopic (exact) mass is 185 g/mol. The minimum absolute atomic E-state index is 0.443. The lowest BCUT2D eigenvalue weighted by atomic mass is 10.2. The predicted octanol–water partition coefficient (Wildman–Crippen LogP) is 0.348. The zero-order chi connectivity index (χ0) is 9.68. The molecule has 0 spiro atoms. The fraction of sp³-hybridized carbons (Fsp3) is 0.667. The Morgan fingerprint density at radius 3 is 3.08 bits per heavy atom. The average molecular weight is 185 g/mol. The van der Waals surface area contributed by atoms with Gasteiger partial charge < -0.3 is 9.84 Å². The zero-order valence-corrected chi connectivity index (χ0v) is 7.77. The largest absolute Gasteiger partial charge is 0.478 e. The molecule has 4 nitrogen and oxygen atoms in total. The Labute approximate surface area is 77.8 Å². The average Bonchev–Trinajstić information content (AvgIpc) is 2.55. The normalized spacial score (nSPS) is 23.1. The summed E-state index contributed by atoms with van der Waals surface area (Å²) in [5.74, 6) is -0.893. The highest BCUT2D eigenvalue weighted by Crippen LogP contribution is 2.09. The number of carbonyl (C=O) groups is 1. The van der Waals surface area contributed by atoms with Crippen molar-refractivity contribution in [3.05, 3.63) is 12.2 Å². The molecule has 1 aliphatic rings. The SMILES string of the molecule is CN(C/C=C/C(=O)O)[C@@H]1CCOC1. The fourth-order valence-corrected chi connectivity index (χ4v) is 1.34. The molecule has 1 N–H and O–H groups in total. The molecule has 4 heteroatoms. The Morgan fingerprint density at radius 2 is 2.54 bits per heavy atom. The highest BCUT2D eigenvalue weighted by atomic mass is 16.5. The molecule has 1 atom stereocenters. The highest BCUT2D eigenvalue weighted by Gasteiger charge is 2.18. The van der Waals surface area contributed by atoms with E-state index in [4.69, 9.17) is 9.84 Å². The van der Waals surface area contributed by atoms with Crippen LogP contribution in [0.4, 0.5) is 0 Å². The van der Waals surface area contributed by atoms with E-state index in [-0.39, 0.29) is 0 Å². The summed E-state index contributed by atoms with van der Waals surface area (Å²) in [5, 5.41) is 8.36. The number of nitrogens with zero attached hydrogens (tertiary/aromatic N) is 1. The topological polar surface area (TPSA) is 49.8 Å². The maximum Gasteiger partial charge on any atom is 0.328 e. The molecule has 0 amide bonds. The summed E-state index contributed by atoms with van der Waals surface area (Å²) in [6, 6.07) is 0.443. The molecule has 1 fully saturated rings. The molecule has 0 aromatic heterocycles. The highest BCUT2D eigenvalue weighted by molar-refractivity contribution is 5.79. The third-order valence-electron chi connectivity index (χ3n) is 2.18. The molecule has 74 valence electrons. The van der Waals surface area contributed by atoms with E-state index in [1.54, 1.807) is 6.08 Å². The number of carboxylic acids is 1. The van der Waals surface area contributed by atoms with E-state index in [0.29, 0.717) is 12.6 Å². The van der Waals surface area contributed by atoms with Gasteiger partial charge in [0.25, 0.3) is 0 Å². The van der Waals surface area contributed by atoms with Gasteiger partial charge in [-0.3, -0.25) is 4.90 Å². The van der Waals surface area contributed by atoms with Gasteiger partial charge in [0.1, 0.15) is 0 Å². The predicted molar refractivity (Wildman–Crippen MR) is 48.6 cm³/mol. The van der Waals surface area contributed by atoms with Crippen molar-refractivity contribution < 1.29 is 14.6 Å². The maximum atomic E-state index is 10.2. The second-order valence-electron chi connectivity index (χ2n) is 3.20. The van der Waals surface area contributed by atoms with Crippen LogP contribution in [0.5, 0.6) is 0 Å². The first-order chi connectivity index (χ1) is 6.20. The van der Waals surface area contributed by atoms with Gasteiger partial charge in [0.2, 0.25) is 0 Å². The van der Waals surface area contributed by atoms with Crippen LogP contribution in [-0.2, 0) is 9.53 Å². The molecule has 1 heterocycles. The lowest BCUT2D eigenvalue weighted by molar-refractivity contribution is -0.131. The van der Waals surface area contributed by atoms with Crippen LogP contribution in [0, 0.1) is 0 Å².